The molecule has 0 saturated heterocycles. The second kappa shape index (κ2) is 6.17. The Labute approximate surface area is 107 Å². The van der Waals surface area contributed by atoms with Crippen LogP contribution >= 0.6 is 11.6 Å². The van der Waals surface area contributed by atoms with E-state index in [-0.39, 0.29) is 11.7 Å². The molecule has 5 heteroatoms. The van der Waals surface area contributed by atoms with Gasteiger partial charge in [-0.15, -0.1) is 0 Å². The molecular formula is C12H20ClN3O. The second-order valence-electron chi connectivity index (χ2n) is 4.42. The first-order valence-corrected chi connectivity index (χ1v) is 6.30. The number of aromatic nitrogens is 2. The third-order valence-corrected chi connectivity index (χ3v) is 3.29. The average Bonchev–Trinajstić information content (AvgIpc) is 2.56. The fraction of sp³-hybridized carbons (Fsp3) is 0.667. The summed E-state index contributed by atoms with van der Waals surface area (Å²) in [6.07, 6.45) is 0.846. The summed E-state index contributed by atoms with van der Waals surface area (Å²) in [5.41, 5.74) is 7.11. The lowest BCUT2D eigenvalue weighted by Gasteiger charge is -2.08. The van der Waals surface area contributed by atoms with Gasteiger partial charge in [-0.05, 0) is 26.3 Å². The molecule has 0 saturated carbocycles. The van der Waals surface area contributed by atoms with Crippen LogP contribution in [0, 0.1) is 12.8 Å². The molecule has 0 aliphatic heterocycles. The van der Waals surface area contributed by atoms with E-state index in [1.807, 2.05) is 20.8 Å². The minimum atomic E-state index is 0.166. The number of hydrogen-bond donors (Lipinski definition) is 1. The first-order chi connectivity index (χ1) is 7.99. The van der Waals surface area contributed by atoms with Gasteiger partial charge in [-0.1, -0.05) is 18.5 Å². The van der Waals surface area contributed by atoms with Gasteiger partial charge in [0.25, 0.3) is 0 Å². The Kier molecular flexibility index (Phi) is 5.15. The van der Waals surface area contributed by atoms with Gasteiger partial charge in [0.2, 0.25) is 0 Å². The molecule has 96 valence electrons. The number of rotatable bonds is 6. The zero-order chi connectivity index (χ0) is 13.0. The maximum Gasteiger partial charge on any atom is 0.139 e. The van der Waals surface area contributed by atoms with Crippen LogP contribution in [0.4, 0.5) is 0 Å². The Morgan fingerprint density at radius 2 is 2.24 bits per heavy atom. The lowest BCUT2D eigenvalue weighted by Crippen LogP contribution is -2.17. The third kappa shape index (κ3) is 3.54. The highest BCUT2D eigenvalue weighted by Gasteiger charge is 2.17. The Morgan fingerprint density at radius 1 is 1.59 bits per heavy atom. The number of nitrogens with zero attached hydrogens (tertiary/aromatic N) is 2. The molecule has 0 amide bonds. The second-order valence-corrected chi connectivity index (χ2v) is 4.80. The van der Waals surface area contributed by atoms with E-state index in [9.17, 15) is 4.79 Å². The average molecular weight is 258 g/mol. The number of hydrogen-bond acceptors (Lipinski definition) is 3. The van der Waals surface area contributed by atoms with Crippen LogP contribution in [0.3, 0.4) is 0 Å². The van der Waals surface area contributed by atoms with Crippen molar-refractivity contribution in [3.63, 3.8) is 0 Å². The molecule has 0 bridgehead atoms. The van der Waals surface area contributed by atoms with Gasteiger partial charge in [-0.2, -0.15) is 5.10 Å². The summed E-state index contributed by atoms with van der Waals surface area (Å²) in [6.45, 7) is 7.07. The van der Waals surface area contributed by atoms with Gasteiger partial charge in [0.15, 0.2) is 0 Å². The third-order valence-electron chi connectivity index (χ3n) is 2.80. The first kappa shape index (κ1) is 14.2. The number of halogens is 1. The maximum absolute atomic E-state index is 11.9. The molecule has 1 unspecified atom stereocenters. The molecule has 1 atom stereocenters. The largest absolute Gasteiger partial charge is 0.330 e. The van der Waals surface area contributed by atoms with Gasteiger partial charge in [0.05, 0.1) is 16.4 Å². The van der Waals surface area contributed by atoms with Crippen molar-refractivity contribution < 1.29 is 4.79 Å². The van der Waals surface area contributed by atoms with E-state index in [4.69, 9.17) is 17.3 Å². The van der Waals surface area contributed by atoms with Crippen molar-refractivity contribution >= 4 is 17.4 Å². The summed E-state index contributed by atoms with van der Waals surface area (Å²) in [6, 6.07) is 0. The van der Waals surface area contributed by atoms with E-state index in [0.717, 1.165) is 17.9 Å². The van der Waals surface area contributed by atoms with Crippen LogP contribution in [0.1, 0.15) is 31.7 Å². The van der Waals surface area contributed by atoms with Gasteiger partial charge >= 0.3 is 0 Å². The molecule has 17 heavy (non-hydrogen) atoms. The molecule has 1 rings (SSSR count). The van der Waals surface area contributed by atoms with E-state index < -0.39 is 0 Å². The predicted octanol–water partition coefficient (Wildman–Crippen LogP) is 1.96. The van der Waals surface area contributed by atoms with Crippen molar-refractivity contribution in [1.29, 1.82) is 0 Å². The molecule has 0 aromatic carbocycles. The monoisotopic (exact) mass is 257 g/mol. The molecule has 0 spiro atoms. The van der Waals surface area contributed by atoms with E-state index in [0.29, 0.717) is 24.4 Å². The zero-order valence-electron chi connectivity index (χ0n) is 10.7. The molecule has 0 fully saturated rings. The summed E-state index contributed by atoms with van der Waals surface area (Å²) in [5, 5.41) is 4.90. The summed E-state index contributed by atoms with van der Waals surface area (Å²) in [7, 11) is 0. The van der Waals surface area contributed by atoms with Crippen molar-refractivity contribution in [2.45, 2.75) is 40.2 Å². The van der Waals surface area contributed by atoms with E-state index in [2.05, 4.69) is 5.10 Å². The smallest absolute Gasteiger partial charge is 0.139 e. The summed E-state index contributed by atoms with van der Waals surface area (Å²) >= 11 is 6.15. The Balaban J connectivity index is 2.77. The van der Waals surface area contributed by atoms with Crippen LogP contribution in [-0.2, 0) is 17.8 Å². The van der Waals surface area contributed by atoms with Crippen LogP contribution in [0.15, 0.2) is 0 Å². The van der Waals surface area contributed by atoms with Crippen LogP contribution in [-0.4, -0.2) is 22.1 Å². The van der Waals surface area contributed by atoms with Crippen molar-refractivity contribution in [2.24, 2.45) is 11.7 Å². The quantitative estimate of drug-likeness (QED) is 0.848. The minimum Gasteiger partial charge on any atom is -0.330 e. The highest BCUT2D eigenvalue weighted by atomic mass is 35.5. The molecule has 0 aliphatic rings. The SMILES string of the molecule is CCn1nc(C)c(Cl)c1CC(=O)CC(C)CN. The van der Waals surface area contributed by atoms with Crippen LogP contribution in [0.25, 0.3) is 0 Å². The standard InChI is InChI=1S/C12H20ClN3O/c1-4-16-11(12(13)9(3)15-16)6-10(17)5-8(2)7-14/h8H,4-7,14H2,1-3H3. The fourth-order valence-corrected chi connectivity index (χ4v) is 1.97. The van der Waals surface area contributed by atoms with Crippen LogP contribution in [0.2, 0.25) is 5.02 Å². The molecule has 0 aliphatic carbocycles. The van der Waals surface area contributed by atoms with Gasteiger partial charge in [0.1, 0.15) is 5.78 Å². The van der Waals surface area contributed by atoms with Gasteiger partial charge in [-0.3, -0.25) is 9.48 Å². The Morgan fingerprint density at radius 3 is 2.76 bits per heavy atom. The Bertz CT molecular complexity index is 401. The molecule has 1 aromatic rings. The molecule has 1 aromatic heterocycles. The van der Waals surface area contributed by atoms with Crippen LogP contribution < -0.4 is 5.73 Å². The molecule has 4 nitrogen and oxygen atoms in total. The highest BCUT2D eigenvalue weighted by Crippen LogP contribution is 2.21. The number of aryl methyl sites for hydroxylation is 2. The van der Waals surface area contributed by atoms with Gasteiger partial charge in [0, 0.05) is 19.4 Å². The van der Waals surface area contributed by atoms with Crippen molar-refractivity contribution in [2.75, 3.05) is 6.54 Å². The molecule has 2 N–H and O–H groups in total. The van der Waals surface area contributed by atoms with Crippen molar-refractivity contribution in [3.05, 3.63) is 16.4 Å². The number of nitrogens with two attached hydrogens (primary N) is 1. The van der Waals surface area contributed by atoms with Crippen LogP contribution in [0.5, 0.6) is 0 Å². The number of ketones is 1. The highest BCUT2D eigenvalue weighted by molar-refractivity contribution is 6.32. The van der Waals surface area contributed by atoms with Gasteiger partial charge in [-0.25, -0.2) is 0 Å². The fourth-order valence-electron chi connectivity index (χ4n) is 1.77. The maximum atomic E-state index is 11.9. The van der Waals surface area contributed by atoms with Crippen molar-refractivity contribution in [1.82, 2.24) is 9.78 Å². The summed E-state index contributed by atoms with van der Waals surface area (Å²) in [4.78, 5) is 11.9. The number of carbonyl (C=O) groups excluding carboxylic acids is 1. The first-order valence-electron chi connectivity index (χ1n) is 5.93. The van der Waals surface area contributed by atoms with E-state index in [1.165, 1.54) is 0 Å². The normalized spacial score (nSPS) is 12.8. The van der Waals surface area contributed by atoms with E-state index in [1.54, 1.807) is 4.68 Å². The summed E-state index contributed by atoms with van der Waals surface area (Å²) in [5.74, 6) is 0.389. The Hall–Kier alpha value is -0.870. The van der Waals surface area contributed by atoms with E-state index >= 15 is 0 Å². The number of Topliss-reactive ketones (excluding diaryl/α,β-unsaturated/α-hetero) is 1. The lowest BCUT2D eigenvalue weighted by atomic mass is 10.0. The zero-order valence-corrected chi connectivity index (χ0v) is 11.4. The molecule has 1 heterocycles. The minimum absolute atomic E-state index is 0.166. The number of carbonyl (C=O) groups is 1. The van der Waals surface area contributed by atoms with Gasteiger partial charge < -0.3 is 5.73 Å². The predicted molar refractivity (Wildman–Crippen MR) is 69.2 cm³/mol. The summed E-state index contributed by atoms with van der Waals surface area (Å²) < 4.78 is 1.79. The lowest BCUT2D eigenvalue weighted by molar-refractivity contribution is -0.119. The molecular weight excluding hydrogens is 238 g/mol. The topological polar surface area (TPSA) is 60.9 Å². The molecule has 0 radical (unpaired) electrons. The van der Waals surface area contributed by atoms with Crippen molar-refractivity contribution in [3.8, 4) is 0 Å².